The number of benzene rings is 2. The maximum atomic E-state index is 11.0. The molecule has 160 valence electrons. The molecule has 1 heterocycles. The van der Waals surface area contributed by atoms with Crippen molar-refractivity contribution in [3.63, 3.8) is 0 Å². The van der Waals surface area contributed by atoms with Gasteiger partial charge in [0.1, 0.15) is 0 Å². The van der Waals surface area contributed by atoms with E-state index in [1.807, 2.05) is 12.2 Å². The van der Waals surface area contributed by atoms with Crippen molar-refractivity contribution in [2.45, 2.75) is 0 Å². The molecule has 1 aliphatic heterocycles. The fourth-order valence-electron chi connectivity index (χ4n) is 2.56. The SMILES string of the molecule is Br.O=C(O)c1ccc(/C=C/C(/C=C/c2ccc(C(=O)O)cc2)=NNC2=NCCN2)cc1. The van der Waals surface area contributed by atoms with Gasteiger partial charge < -0.3 is 15.5 Å². The lowest BCUT2D eigenvalue weighted by Gasteiger charge is -2.02. The Balaban J connectivity index is 0.00000341. The number of hydrazone groups is 1. The smallest absolute Gasteiger partial charge is 0.335 e. The molecule has 31 heavy (non-hydrogen) atoms. The van der Waals surface area contributed by atoms with Crippen molar-refractivity contribution in [1.29, 1.82) is 0 Å². The predicted octanol–water partition coefficient (Wildman–Crippen LogP) is 3.29. The molecule has 0 unspecified atom stereocenters. The Morgan fingerprint density at radius 1 is 0.903 bits per heavy atom. The summed E-state index contributed by atoms with van der Waals surface area (Å²) < 4.78 is 0. The van der Waals surface area contributed by atoms with Crippen molar-refractivity contribution >= 4 is 52.7 Å². The number of nitrogens with zero attached hydrogens (tertiary/aromatic N) is 2. The third-order valence-electron chi connectivity index (χ3n) is 4.17. The van der Waals surface area contributed by atoms with Gasteiger partial charge in [-0.15, -0.1) is 17.0 Å². The van der Waals surface area contributed by atoms with Crippen LogP contribution in [0.2, 0.25) is 0 Å². The molecule has 0 atom stereocenters. The van der Waals surface area contributed by atoms with Crippen LogP contribution in [-0.4, -0.2) is 46.9 Å². The van der Waals surface area contributed by atoms with Crippen molar-refractivity contribution in [2.24, 2.45) is 10.1 Å². The van der Waals surface area contributed by atoms with Gasteiger partial charge in [0.05, 0.1) is 23.4 Å². The van der Waals surface area contributed by atoms with E-state index >= 15 is 0 Å². The Bertz CT molecular complexity index is 973. The third-order valence-corrected chi connectivity index (χ3v) is 4.17. The van der Waals surface area contributed by atoms with Gasteiger partial charge in [0.25, 0.3) is 0 Å². The van der Waals surface area contributed by atoms with Crippen LogP contribution in [0, 0.1) is 0 Å². The zero-order valence-electron chi connectivity index (χ0n) is 16.4. The van der Waals surface area contributed by atoms with Crippen LogP contribution < -0.4 is 10.7 Å². The molecule has 0 bridgehead atoms. The first-order valence-corrected chi connectivity index (χ1v) is 9.16. The number of aromatic carboxylic acids is 2. The van der Waals surface area contributed by atoms with E-state index in [0.29, 0.717) is 18.2 Å². The highest BCUT2D eigenvalue weighted by Crippen LogP contribution is 2.09. The largest absolute Gasteiger partial charge is 0.478 e. The third kappa shape index (κ3) is 7.23. The van der Waals surface area contributed by atoms with Crippen LogP contribution >= 0.6 is 17.0 Å². The first kappa shape index (κ1) is 23.6. The quantitative estimate of drug-likeness (QED) is 0.353. The summed E-state index contributed by atoms with van der Waals surface area (Å²) in [5.41, 5.74) is 5.55. The fraction of sp³-hybridized carbons (Fsp3) is 0.0909. The van der Waals surface area contributed by atoms with Crippen molar-refractivity contribution in [2.75, 3.05) is 13.1 Å². The number of carbonyl (C=O) groups is 2. The van der Waals surface area contributed by atoms with Gasteiger partial charge in [-0.1, -0.05) is 36.4 Å². The lowest BCUT2D eigenvalue weighted by Crippen LogP contribution is -2.30. The minimum absolute atomic E-state index is 0. The van der Waals surface area contributed by atoms with E-state index in [2.05, 4.69) is 20.8 Å². The minimum atomic E-state index is -0.973. The van der Waals surface area contributed by atoms with E-state index in [4.69, 9.17) is 10.2 Å². The molecule has 3 rings (SSSR count). The van der Waals surface area contributed by atoms with Gasteiger partial charge in [-0.2, -0.15) is 5.10 Å². The monoisotopic (exact) mass is 484 g/mol. The number of nitrogens with one attached hydrogen (secondary N) is 2. The van der Waals surface area contributed by atoms with E-state index < -0.39 is 11.9 Å². The summed E-state index contributed by atoms with van der Waals surface area (Å²) in [6.45, 7) is 1.44. The van der Waals surface area contributed by atoms with Crippen molar-refractivity contribution < 1.29 is 19.8 Å². The zero-order chi connectivity index (χ0) is 21.3. The van der Waals surface area contributed by atoms with Gasteiger partial charge in [-0.05, 0) is 47.5 Å². The first-order chi connectivity index (χ1) is 14.5. The number of halogens is 1. The highest BCUT2D eigenvalue weighted by atomic mass is 79.9. The van der Waals surface area contributed by atoms with Gasteiger partial charge in [0, 0.05) is 6.54 Å². The van der Waals surface area contributed by atoms with Crippen molar-refractivity contribution in [3.8, 4) is 0 Å². The maximum Gasteiger partial charge on any atom is 0.335 e. The normalized spacial score (nSPS) is 12.7. The van der Waals surface area contributed by atoms with Crippen molar-refractivity contribution in [1.82, 2.24) is 10.7 Å². The average molecular weight is 485 g/mol. The summed E-state index contributed by atoms with van der Waals surface area (Å²) in [4.78, 5) is 26.2. The van der Waals surface area contributed by atoms with Crippen LogP contribution in [0.5, 0.6) is 0 Å². The molecule has 0 spiro atoms. The van der Waals surface area contributed by atoms with Gasteiger partial charge >= 0.3 is 11.9 Å². The number of rotatable bonds is 7. The second-order valence-electron chi connectivity index (χ2n) is 6.33. The van der Waals surface area contributed by atoms with Crippen LogP contribution in [0.25, 0.3) is 12.2 Å². The van der Waals surface area contributed by atoms with Gasteiger partial charge in [0.15, 0.2) is 0 Å². The van der Waals surface area contributed by atoms with Crippen LogP contribution in [0.4, 0.5) is 0 Å². The van der Waals surface area contributed by atoms with Crippen LogP contribution in [-0.2, 0) is 0 Å². The van der Waals surface area contributed by atoms with E-state index in [0.717, 1.165) is 17.7 Å². The summed E-state index contributed by atoms with van der Waals surface area (Å²) in [5, 5.41) is 25.4. The molecule has 0 fully saturated rings. The van der Waals surface area contributed by atoms with E-state index in [1.54, 1.807) is 36.4 Å². The number of aliphatic imine (C=N–C) groups is 1. The molecule has 4 N–H and O–H groups in total. The number of carboxylic acids is 2. The summed E-state index contributed by atoms with van der Waals surface area (Å²) in [5.74, 6) is -1.36. The molecular formula is C22H21BrN4O4. The summed E-state index contributed by atoms with van der Waals surface area (Å²) in [6.07, 6.45) is 7.18. The van der Waals surface area contributed by atoms with Crippen LogP contribution in [0.1, 0.15) is 31.8 Å². The predicted molar refractivity (Wildman–Crippen MR) is 126 cm³/mol. The lowest BCUT2D eigenvalue weighted by molar-refractivity contribution is 0.0686. The molecule has 2 aromatic rings. The molecule has 0 radical (unpaired) electrons. The first-order valence-electron chi connectivity index (χ1n) is 9.16. The second kappa shape index (κ2) is 11.5. The number of hydrogen-bond donors (Lipinski definition) is 4. The fourth-order valence-corrected chi connectivity index (χ4v) is 2.56. The maximum absolute atomic E-state index is 11.0. The lowest BCUT2D eigenvalue weighted by atomic mass is 10.1. The van der Waals surface area contributed by atoms with Crippen molar-refractivity contribution in [3.05, 3.63) is 82.9 Å². The molecule has 0 aliphatic carbocycles. The van der Waals surface area contributed by atoms with E-state index in [1.165, 1.54) is 24.3 Å². The van der Waals surface area contributed by atoms with Gasteiger partial charge in [0.2, 0.25) is 5.96 Å². The zero-order valence-corrected chi connectivity index (χ0v) is 18.1. The summed E-state index contributed by atoms with van der Waals surface area (Å²) in [6, 6.07) is 13.0. The summed E-state index contributed by atoms with van der Waals surface area (Å²) >= 11 is 0. The Morgan fingerprint density at radius 2 is 1.39 bits per heavy atom. The Labute approximate surface area is 189 Å². The second-order valence-corrected chi connectivity index (χ2v) is 6.33. The standard InChI is InChI=1S/C22H20N4O4.BrH/c27-20(28)17-7-1-15(2-8-17)5-11-19(25-26-22-23-13-14-24-22)12-6-16-3-9-18(10-4-16)21(29)30;/h1-12H,13-14H2,(H,27,28)(H,29,30)(H2,23,24,26);1H/b11-5+,12-6+;. The number of carboxylic acid groups (broad SMARTS) is 2. The number of hydrogen-bond acceptors (Lipinski definition) is 6. The summed E-state index contributed by atoms with van der Waals surface area (Å²) in [7, 11) is 0. The van der Waals surface area contributed by atoms with Crippen LogP contribution in [0.15, 0.2) is 70.8 Å². The topological polar surface area (TPSA) is 123 Å². The molecule has 8 nitrogen and oxygen atoms in total. The van der Waals surface area contributed by atoms with E-state index in [9.17, 15) is 9.59 Å². The molecule has 1 aliphatic rings. The molecular weight excluding hydrogens is 464 g/mol. The Morgan fingerprint density at radius 3 is 1.77 bits per heavy atom. The highest BCUT2D eigenvalue weighted by Gasteiger charge is 2.04. The molecule has 9 heteroatoms. The molecule has 0 aromatic heterocycles. The molecule has 0 saturated carbocycles. The Kier molecular flexibility index (Phi) is 8.71. The van der Waals surface area contributed by atoms with Gasteiger partial charge in [-0.25, -0.2) is 20.0 Å². The molecule has 0 amide bonds. The average Bonchev–Trinajstić information content (AvgIpc) is 3.27. The molecule has 0 saturated heterocycles. The Hall–Kier alpha value is -3.72. The van der Waals surface area contributed by atoms with Crippen LogP contribution in [0.3, 0.4) is 0 Å². The number of guanidine groups is 1. The number of allylic oxidation sites excluding steroid dienone is 2. The minimum Gasteiger partial charge on any atom is -0.478 e. The molecule has 2 aromatic carbocycles. The van der Waals surface area contributed by atoms with Gasteiger partial charge in [-0.3, -0.25) is 0 Å². The van der Waals surface area contributed by atoms with E-state index in [-0.39, 0.29) is 28.1 Å². The highest BCUT2D eigenvalue weighted by molar-refractivity contribution is 8.93.